The lowest BCUT2D eigenvalue weighted by Crippen LogP contribution is -2.37. The molecule has 0 saturated carbocycles. The van der Waals surface area contributed by atoms with E-state index in [0.29, 0.717) is 24.1 Å². The summed E-state index contributed by atoms with van der Waals surface area (Å²) >= 11 is 0. The molecule has 63 heavy (non-hydrogen) atoms. The Kier molecular flexibility index (Phi) is 44.5. The molecule has 0 fully saturated rings. The summed E-state index contributed by atoms with van der Waals surface area (Å²) in [5.41, 5.74) is 0. The second kappa shape index (κ2) is 46.2. The van der Waals surface area contributed by atoms with Gasteiger partial charge in [0.15, 0.2) is 0 Å². The fourth-order valence-electron chi connectivity index (χ4n) is 6.62. The van der Waals surface area contributed by atoms with Gasteiger partial charge in [0.2, 0.25) is 0 Å². The Morgan fingerprint density at radius 2 is 0.873 bits per heavy atom. The number of esters is 1. The molecule has 0 saturated heterocycles. The van der Waals surface area contributed by atoms with Gasteiger partial charge in [0, 0.05) is 13.0 Å². The Morgan fingerprint density at radius 1 is 0.492 bits per heavy atom. The quantitative estimate of drug-likeness (QED) is 0.0214. The van der Waals surface area contributed by atoms with Crippen LogP contribution in [0.3, 0.4) is 0 Å². The van der Waals surface area contributed by atoms with Crippen LogP contribution >= 0.6 is 7.82 Å². The van der Waals surface area contributed by atoms with Crippen molar-refractivity contribution < 1.29 is 37.3 Å². The number of phosphoric acid groups is 1. The number of rotatable bonds is 46. The second-order valence-electron chi connectivity index (χ2n) is 17.8. The molecule has 0 aromatic heterocycles. The summed E-state index contributed by atoms with van der Waals surface area (Å²) in [6.45, 7) is 5.37. The van der Waals surface area contributed by atoms with Crippen LogP contribution in [-0.2, 0) is 27.9 Å². The minimum absolute atomic E-state index is 0.0810. The maximum Gasteiger partial charge on any atom is 0.472 e. The van der Waals surface area contributed by atoms with Crippen LogP contribution in [0.15, 0.2) is 85.1 Å². The molecular weight excluding hydrogens is 806 g/mol. The number of ether oxygens (including phenoxy) is 2. The molecule has 2 atom stereocenters. The van der Waals surface area contributed by atoms with Crippen LogP contribution in [0.1, 0.15) is 194 Å². The van der Waals surface area contributed by atoms with Crippen molar-refractivity contribution in [3.8, 4) is 0 Å². The first kappa shape index (κ1) is 60.7. The molecule has 0 rings (SSSR count). The van der Waals surface area contributed by atoms with Crippen LogP contribution in [0.25, 0.3) is 0 Å². The van der Waals surface area contributed by atoms with E-state index in [1.807, 2.05) is 21.1 Å². The number of carbonyl (C=O) groups excluding carboxylic acids is 1. The number of nitrogens with zero attached hydrogens (tertiary/aromatic N) is 1. The lowest BCUT2D eigenvalue weighted by Gasteiger charge is -2.24. The molecule has 0 aromatic carbocycles. The van der Waals surface area contributed by atoms with Gasteiger partial charge in [-0.2, -0.15) is 0 Å². The molecule has 0 aromatic rings. The Morgan fingerprint density at radius 3 is 1.30 bits per heavy atom. The Hall–Kier alpha value is -2.32. The zero-order chi connectivity index (χ0) is 46.2. The largest absolute Gasteiger partial charge is 0.472 e. The summed E-state index contributed by atoms with van der Waals surface area (Å²) in [5, 5.41) is 0. The zero-order valence-corrected chi connectivity index (χ0v) is 42.2. The van der Waals surface area contributed by atoms with Crippen molar-refractivity contribution in [2.24, 2.45) is 0 Å². The number of phosphoric ester groups is 1. The van der Waals surface area contributed by atoms with Gasteiger partial charge in [-0.1, -0.05) is 189 Å². The van der Waals surface area contributed by atoms with Crippen molar-refractivity contribution in [1.29, 1.82) is 0 Å². The summed E-state index contributed by atoms with van der Waals surface area (Å²) in [6.07, 6.45) is 62.1. The first-order valence-corrected chi connectivity index (χ1v) is 26.8. The van der Waals surface area contributed by atoms with Gasteiger partial charge in [-0.05, 0) is 83.5 Å². The van der Waals surface area contributed by atoms with E-state index in [1.165, 1.54) is 77.0 Å². The molecule has 364 valence electrons. The van der Waals surface area contributed by atoms with Gasteiger partial charge in [0.05, 0.1) is 34.4 Å². The highest BCUT2D eigenvalue weighted by atomic mass is 31.2. The third-order valence-electron chi connectivity index (χ3n) is 10.5. The average molecular weight is 903 g/mol. The Bertz CT molecular complexity index is 1280. The first-order valence-electron chi connectivity index (χ1n) is 25.3. The van der Waals surface area contributed by atoms with E-state index in [0.717, 1.165) is 96.3 Å². The fourth-order valence-corrected chi connectivity index (χ4v) is 7.36. The van der Waals surface area contributed by atoms with Gasteiger partial charge in [0.1, 0.15) is 19.3 Å². The monoisotopic (exact) mass is 903 g/mol. The second-order valence-corrected chi connectivity index (χ2v) is 19.2. The molecule has 0 amide bonds. The van der Waals surface area contributed by atoms with E-state index in [-0.39, 0.29) is 25.8 Å². The van der Waals surface area contributed by atoms with E-state index in [9.17, 15) is 14.3 Å². The van der Waals surface area contributed by atoms with E-state index in [4.69, 9.17) is 18.5 Å². The minimum Gasteiger partial charge on any atom is -0.457 e. The van der Waals surface area contributed by atoms with Gasteiger partial charge < -0.3 is 18.9 Å². The van der Waals surface area contributed by atoms with Gasteiger partial charge in [0.25, 0.3) is 0 Å². The van der Waals surface area contributed by atoms with Gasteiger partial charge in [-0.3, -0.25) is 13.8 Å². The maximum atomic E-state index is 12.7. The molecule has 0 aliphatic rings. The third-order valence-corrected chi connectivity index (χ3v) is 11.4. The smallest absolute Gasteiger partial charge is 0.457 e. The number of unbranched alkanes of at least 4 members (excludes halogenated alkanes) is 18. The average Bonchev–Trinajstić information content (AvgIpc) is 3.24. The fraction of sp³-hybridized carbons (Fsp3) is 0.722. The lowest BCUT2D eigenvalue weighted by atomic mass is 10.0. The van der Waals surface area contributed by atoms with E-state index in [2.05, 4.69) is 98.9 Å². The molecular formula is C54H97NO7P+. The Labute approximate surface area is 388 Å². The summed E-state index contributed by atoms with van der Waals surface area (Å²) in [4.78, 5) is 23.0. The SMILES string of the molecule is CC/C=C\C/C=C\C/C=C\C/C=C\CCCCCCCCCCCCCCCOCC(COP(=O)(O)OCC[N+](C)(C)C)OC(=O)CCCCCCC/C=C\C/C=C\C/C=C\CC. The van der Waals surface area contributed by atoms with Crippen molar-refractivity contribution in [2.75, 3.05) is 54.1 Å². The van der Waals surface area contributed by atoms with Crippen molar-refractivity contribution in [1.82, 2.24) is 0 Å². The molecule has 8 nitrogen and oxygen atoms in total. The van der Waals surface area contributed by atoms with Crippen LogP contribution in [0.5, 0.6) is 0 Å². The van der Waals surface area contributed by atoms with Crippen LogP contribution in [0, 0.1) is 0 Å². The van der Waals surface area contributed by atoms with E-state index in [1.54, 1.807) is 0 Å². The Balaban J connectivity index is 4.11. The molecule has 2 unspecified atom stereocenters. The van der Waals surface area contributed by atoms with Crippen LogP contribution in [0.4, 0.5) is 0 Å². The van der Waals surface area contributed by atoms with Gasteiger partial charge in [-0.25, -0.2) is 4.57 Å². The van der Waals surface area contributed by atoms with Crippen LogP contribution in [-0.4, -0.2) is 75.6 Å². The highest BCUT2D eigenvalue weighted by molar-refractivity contribution is 7.47. The summed E-state index contributed by atoms with van der Waals surface area (Å²) in [7, 11) is 1.64. The van der Waals surface area contributed by atoms with E-state index < -0.39 is 13.9 Å². The lowest BCUT2D eigenvalue weighted by molar-refractivity contribution is -0.870. The number of quaternary nitrogens is 1. The third kappa shape index (κ3) is 50.5. The topological polar surface area (TPSA) is 91.3 Å². The van der Waals surface area contributed by atoms with Crippen LogP contribution < -0.4 is 0 Å². The van der Waals surface area contributed by atoms with Crippen molar-refractivity contribution >= 4 is 13.8 Å². The molecule has 0 heterocycles. The number of hydrogen-bond acceptors (Lipinski definition) is 6. The molecule has 9 heteroatoms. The van der Waals surface area contributed by atoms with Gasteiger partial charge >= 0.3 is 13.8 Å². The van der Waals surface area contributed by atoms with Crippen molar-refractivity contribution in [2.45, 2.75) is 200 Å². The molecule has 0 spiro atoms. The number of carbonyl (C=O) groups is 1. The van der Waals surface area contributed by atoms with Crippen molar-refractivity contribution in [3.05, 3.63) is 85.1 Å². The molecule has 0 bridgehead atoms. The van der Waals surface area contributed by atoms with Crippen molar-refractivity contribution in [3.63, 3.8) is 0 Å². The highest BCUT2D eigenvalue weighted by Gasteiger charge is 2.26. The predicted octanol–water partition coefficient (Wildman–Crippen LogP) is 15.6. The number of allylic oxidation sites excluding steroid dienone is 14. The minimum atomic E-state index is -4.29. The number of hydrogen-bond donors (Lipinski definition) is 1. The highest BCUT2D eigenvalue weighted by Crippen LogP contribution is 2.43. The van der Waals surface area contributed by atoms with E-state index >= 15 is 0 Å². The first-order chi connectivity index (χ1) is 30.6. The zero-order valence-electron chi connectivity index (χ0n) is 41.3. The van der Waals surface area contributed by atoms with Gasteiger partial charge in [-0.15, -0.1) is 0 Å². The summed E-state index contributed by atoms with van der Waals surface area (Å²) < 4.78 is 35.1. The summed E-state index contributed by atoms with van der Waals surface area (Å²) in [6, 6.07) is 0. The standard InChI is InChI=1S/C54H96NO7P/c1-6-8-10-12-14-16-18-20-22-23-24-25-26-27-28-29-30-31-32-34-36-38-40-42-44-46-49-59-51-53(52-61-63(57,58)60-50-48-55(3,4)5)62-54(56)47-45-43-41-39-37-35-33-21-19-17-15-13-11-9-7-2/h8-11,14-17,20-22,24-25,33,53H,6-7,12-13,18-19,23,26-32,34-52H2,1-5H3/p+1/b10-8-,11-9-,16-14-,17-15-,22-20-,25-24-,33-21-. The molecule has 0 aliphatic carbocycles. The predicted molar refractivity (Wildman–Crippen MR) is 270 cm³/mol. The summed E-state index contributed by atoms with van der Waals surface area (Å²) in [5.74, 6) is -0.333. The van der Waals surface area contributed by atoms with Crippen LogP contribution in [0.2, 0.25) is 0 Å². The number of likely N-dealkylation sites (N-methyl/N-ethyl adjacent to an activating group) is 1. The normalized spacial score (nSPS) is 14.3. The molecule has 0 aliphatic heterocycles. The maximum absolute atomic E-state index is 12.7. The molecule has 1 N–H and O–H groups in total. The molecule has 0 radical (unpaired) electrons.